The Bertz CT molecular complexity index is 1140. The Kier molecular flexibility index (Phi) is 49.6. The van der Waals surface area contributed by atoms with Crippen LogP contribution in [-0.2, 0) is 14.3 Å². The molecule has 0 bridgehead atoms. The van der Waals surface area contributed by atoms with Crippen LogP contribution in [0.15, 0.2) is 60.8 Å². The second-order valence-corrected chi connectivity index (χ2v) is 18.7. The molecule has 6 nitrogen and oxygen atoms in total. The molecule has 64 heavy (non-hydrogen) atoms. The minimum atomic E-state index is -0.800. The molecule has 0 aromatic carbocycles. The van der Waals surface area contributed by atoms with E-state index in [1.807, 2.05) is 48.6 Å². The first kappa shape index (κ1) is 61.6. The zero-order valence-corrected chi connectivity index (χ0v) is 42.4. The summed E-state index contributed by atoms with van der Waals surface area (Å²) in [7, 11) is 0. The van der Waals surface area contributed by atoms with Gasteiger partial charge in [-0.2, -0.15) is 0 Å². The molecule has 3 N–H and O–H groups in total. The highest BCUT2D eigenvalue weighted by atomic mass is 16.5. The highest BCUT2D eigenvalue weighted by molar-refractivity contribution is 5.77. The normalized spacial score (nSPS) is 13.6. The van der Waals surface area contributed by atoms with Crippen LogP contribution in [0.2, 0.25) is 0 Å². The molecule has 1 amide bonds. The van der Waals surface area contributed by atoms with E-state index in [2.05, 4.69) is 38.2 Å². The molecule has 0 aliphatic rings. The van der Waals surface area contributed by atoms with E-state index in [4.69, 9.17) is 4.74 Å². The van der Waals surface area contributed by atoms with Gasteiger partial charge < -0.3 is 20.3 Å². The van der Waals surface area contributed by atoms with Crippen LogP contribution in [0, 0.1) is 0 Å². The number of nitrogens with one attached hydrogen (secondary N) is 1. The number of aliphatic hydroxyl groups excluding tert-OH is 2. The van der Waals surface area contributed by atoms with Crippen molar-refractivity contribution >= 4 is 11.9 Å². The van der Waals surface area contributed by atoms with E-state index in [1.165, 1.54) is 167 Å². The number of carbonyl (C=O) groups excluding carboxylic acids is 2. The summed E-state index contributed by atoms with van der Waals surface area (Å²) < 4.78 is 5.91. The summed E-state index contributed by atoms with van der Waals surface area (Å²) in [5, 5.41) is 23.8. The summed E-state index contributed by atoms with van der Waals surface area (Å²) in [6.45, 7) is 6.35. The number of carbonyl (C=O) groups is 2. The first-order valence-corrected chi connectivity index (χ1v) is 27.6. The summed E-state index contributed by atoms with van der Waals surface area (Å²) in [5.41, 5.74) is 0. The molecule has 0 rings (SSSR count). The standard InChI is InChI=1S/C58H105NO5/c1-4-7-10-13-16-19-22-25-27-28-30-33-35-38-41-44-47-50-56(61)55(53-60)59-57(62)52-54(49-46-43-40-37-34-32-29-26-23-20-17-14-11-8-5-2)64-58(63)51-48-45-42-39-36-31-24-21-18-15-12-9-6-3/h9,12,15,18,21,24,31,36,39,42,54-56,60-61H,4-8,10-11,13-14,16-17,19-20,22-23,25-30,32-35,37-38,40-41,43-53H2,1-3H3,(H,59,62)/b12-9+,18-15+,24-21-,36-31-,42-39+. The number of amides is 1. The van der Waals surface area contributed by atoms with Gasteiger partial charge in [-0.15, -0.1) is 0 Å². The molecule has 3 unspecified atom stereocenters. The molecule has 0 aliphatic heterocycles. The lowest BCUT2D eigenvalue weighted by Crippen LogP contribution is -2.46. The molecule has 0 aromatic rings. The van der Waals surface area contributed by atoms with E-state index in [1.54, 1.807) is 0 Å². The van der Waals surface area contributed by atoms with Crippen molar-refractivity contribution < 1.29 is 24.5 Å². The monoisotopic (exact) mass is 896 g/mol. The van der Waals surface area contributed by atoms with Crippen LogP contribution in [0.1, 0.15) is 271 Å². The summed E-state index contributed by atoms with van der Waals surface area (Å²) >= 11 is 0. The zero-order valence-electron chi connectivity index (χ0n) is 42.4. The van der Waals surface area contributed by atoms with Gasteiger partial charge in [0.2, 0.25) is 5.91 Å². The number of hydrogen-bond donors (Lipinski definition) is 3. The topological polar surface area (TPSA) is 95.9 Å². The fourth-order valence-electron chi connectivity index (χ4n) is 8.34. The number of rotatable bonds is 49. The van der Waals surface area contributed by atoms with Crippen molar-refractivity contribution in [2.24, 2.45) is 0 Å². The van der Waals surface area contributed by atoms with Crippen LogP contribution in [-0.4, -0.2) is 46.9 Å². The molecule has 372 valence electrons. The van der Waals surface area contributed by atoms with Crippen molar-refractivity contribution in [3.8, 4) is 0 Å². The predicted octanol–water partition coefficient (Wildman–Crippen LogP) is 16.8. The second kappa shape index (κ2) is 51.5. The van der Waals surface area contributed by atoms with Crippen LogP contribution in [0.5, 0.6) is 0 Å². The largest absolute Gasteiger partial charge is 0.462 e. The summed E-state index contributed by atoms with van der Waals surface area (Å²) in [6, 6.07) is -0.716. The molecule has 0 saturated heterocycles. The van der Waals surface area contributed by atoms with Crippen LogP contribution < -0.4 is 5.32 Å². The SMILES string of the molecule is CC/C=C/C=C/C=C\C=C/C=C/CCCC(=O)OC(CCCCCCCCCCCCCCCCC)CC(=O)NC(CO)C(O)CCCCCCCCCCCCCCCCCCC. The van der Waals surface area contributed by atoms with E-state index < -0.39 is 18.2 Å². The molecular formula is C58H105NO5. The quantitative estimate of drug-likeness (QED) is 0.0321. The Morgan fingerprint density at radius 3 is 1.22 bits per heavy atom. The molecule has 0 spiro atoms. The van der Waals surface area contributed by atoms with Crippen molar-refractivity contribution in [3.05, 3.63) is 60.8 Å². The van der Waals surface area contributed by atoms with E-state index in [0.717, 1.165) is 51.4 Å². The third kappa shape index (κ3) is 46.1. The molecule has 0 heterocycles. The van der Waals surface area contributed by atoms with Gasteiger partial charge in [0.15, 0.2) is 0 Å². The van der Waals surface area contributed by atoms with Gasteiger partial charge in [-0.25, -0.2) is 0 Å². The number of ether oxygens (including phenoxy) is 1. The molecular weight excluding hydrogens is 791 g/mol. The summed E-state index contributed by atoms with van der Waals surface area (Å²) in [4.78, 5) is 26.2. The van der Waals surface area contributed by atoms with Crippen LogP contribution >= 0.6 is 0 Å². The fraction of sp³-hybridized carbons (Fsp3) is 0.793. The van der Waals surface area contributed by atoms with Gasteiger partial charge >= 0.3 is 5.97 Å². The maximum atomic E-state index is 13.2. The van der Waals surface area contributed by atoms with Crippen LogP contribution in [0.25, 0.3) is 0 Å². The summed E-state index contributed by atoms with van der Waals surface area (Å²) in [6.07, 6.45) is 64.3. The number of allylic oxidation sites excluding steroid dienone is 10. The minimum Gasteiger partial charge on any atom is -0.462 e. The lowest BCUT2D eigenvalue weighted by molar-refractivity contribution is -0.151. The third-order valence-electron chi connectivity index (χ3n) is 12.5. The van der Waals surface area contributed by atoms with Crippen molar-refractivity contribution in [2.45, 2.75) is 289 Å². The Morgan fingerprint density at radius 2 is 0.828 bits per heavy atom. The van der Waals surface area contributed by atoms with Gasteiger partial charge in [-0.3, -0.25) is 9.59 Å². The number of aliphatic hydroxyl groups is 2. The highest BCUT2D eigenvalue weighted by Crippen LogP contribution is 2.18. The van der Waals surface area contributed by atoms with E-state index >= 15 is 0 Å². The molecule has 6 heteroatoms. The minimum absolute atomic E-state index is 0.0506. The van der Waals surface area contributed by atoms with Gasteiger partial charge in [0.05, 0.1) is 25.2 Å². The highest BCUT2D eigenvalue weighted by Gasteiger charge is 2.24. The van der Waals surface area contributed by atoms with Gasteiger partial charge in [0.25, 0.3) is 0 Å². The third-order valence-corrected chi connectivity index (χ3v) is 12.5. The van der Waals surface area contributed by atoms with Crippen molar-refractivity contribution in [1.82, 2.24) is 5.32 Å². The zero-order chi connectivity index (χ0) is 46.7. The second-order valence-electron chi connectivity index (χ2n) is 18.7. The maximum Gasteiger partial charge on any atom is 0.306 e. The predicted molar refractivity (Wildman–Crippen MR) is 278 cm³/mol. The summed E-state index contributed by atoms with van der Waals surface area (Å²) in [5.74, 6) is -0.553. The average molecular weight is 896 g/mol. The average Bonchev–Trinajstić information content (AvgIpc) is 3.29. The molecule has 0 radical (unpaired) electrons. The Hall–Kier alpha value is -2.44. The lowest BCUT2D eigenvalue weighted by atomic mass is 10.0. The maximum absolute atomic E-state index is 13.2. The van der Waals surface area contributed by atoms with Crippen LogP contribution in [0.4, 0.5) is 0 Å². The van der Waals surface area contributed by atoms with Crippen LogP contribution in [0.3, 0.4) is 0 Å². The molecule has 0 aliphatic carbocycles. The van der Waals surface area contributed by atoms with E-state index in [0.29, 0.717) is 25.7 Å². The first-order valence-electron chi connectivity index (χ1n) is 27.6. The molecule has 0 aromatic heterocycles. The Morgan fingerprint density at radius 1 is 0.469 bits per heavy atom. The van der Waals surface area contributed by atoms with Crippen molar-refractivity contribution in [1.29, 1.82) is 0 Å². The Balaban J connectivity index is 4.59. The number of hydrogen-bond acceptors (Lipinski definition) is 5. The fourth-order valence-corrected chi connectivity index (χ4v) is 8.34. The lowest BCUT2D eigenvalue weighted by Gasteiger charge is -2.24. The van der Waals surface area contributed by atoms with E-state index in [-0.39, 0.29) is 24.9 Å². The van der Waals surface area contributed by atoms with Crippen molar-refractivity contribution in [3.63, 3.8) is 0 Å². The first-order chi connectivity index (χ1) is 31.5. The van der Waals surface area contributed by atoms with Gasteiger partial charge in [0, 0.05) is 6.42 Å². The molecule has 0 saturated carbocycles. The van der Waals surface area contributed by atoms with E-state index in [9.17, 15) is 19.8 Å². The molecule has 3 atom stereocenters. The Labute approximate surface area is 397 Å². The number of esters is 1. The number of unbranched alkanes of at least 4 members (excludes halogenated alkanes) is 31. The smallest absolute Gasteiger partial charge is 0.306 e. The van der Waals surface area contributed by atoms with Gasteiger partial charge in [-0.05, 0) is 38.5 Å². The van der Waals surface area contributed by atoms with Gasteiger partial charge in [0.1, 0.15) is 6.10 Å². The van der Waals surface area contributed by atoms with Crippen molar-refractivity contribution in [2.75, 3.05) is 6.61 Å². The van der Waals surface area contributed by atoms with Gasteiger partial charge in [-0.1, -0.05) is 281 Å². The molecule has 0 fully saturated rings.